The Morgan fingerprint density at radius 1 is 1.26 bits per heavy atom. The van der Waals surface area contributed by atoms with Crippen molar-refractivity contribution in [1.82, 2.24) is 5.32 Å². The summed E-state index contributed by atoms with van der Waals surface area (Å²) in [6.07, 6.45) is 0. The molecule has 0 aromatic heterocycles. The van der Waals surface area contributed by atoms with Crippen LogP contribution in [0.5, 0.6) is 5.75 Å². The average Bonchev–Trinajstić information content (AvgIpc) is 2.36. The number of nitrogens with one attached hydrogen (secondary N) is 1. The minimum atomic E-state index is -0.326. The molecule has 2 aromatic carbocycles. The molecule has 0 aliphatic rings. The molecule has 0 bridgehead atoms. The molecular formula is C14H13BrN2O2. The third kappa shape index (κ3) is 3.48. The molecule has 2 rings (SSSR count). The molecule has 98 valence electrons. The lowest BCUT2D eigenvalue weighted by molar-refractivity contribution is 0.0948. The van der Waals surface area contributed by atoms with E-state index in [4.69, 9.17) is 5.73 Å². The number of nitrogens with two attached hydrogens (primary N) is 1. The van der Waals surface area contributed by atoms with Gasteiger partial charge in [-0.2, -0.15) is 0 Å². The van der Waals surface area contributed by atoms with Crippen LogP contribution < -0.4 is 11.1 Å². The maximum absolute atomic E-state index is 11.9. The minimum absolute atomic E-state index is 0.0561. The third-order valence-corrected chi connectivity index (χ3v) is 3.10. The lowest BCUT2D eigenvalue weighted by Crippen LogP contribution is -2.22. The second-order valence-corrected chi connectivity index (χ2v) is 5.00. The number of carbonyl (C=O) groups is 1. The Kier molecular flexibility index (Phi) is 4.06. The molecule has 1 amide bonds. The molecule has 0 unspecified atom stereocenters. The van der Waals surface area contributed by atoms with Gasteiger partial charge >= 0.3 is 0 Å². The molecule has 19 heavy (non-hydrogen) atoms. The van der Waals surface area contributed by atoms with E-state index in [9.17, 15) is 9.90 Å². The molecule has 4 nitrogen and oxygen atoms in total. The van der Waals surface area contributed by atoms with Gasteiger partial charge in [-0.05, 0) is 35.9 Å². The van der Waals surface area contributed by atoms with Crippen molar-refractivity contribution in [2.24, 2.45) is 0 Å². The summed E-state index contributed by atoms with van der Waals surface area (Å²) in [5.74, 6) is -0.383. The monoisotopic (exact) mass is 320 g/mol. The van der Waals surface area contributed by atoms with E-state index in [-0.39, 0.29) is 17.2 Å². The van der Waals surface area contributed by atoms with Crippen LogP contribution in [0.4, 0.5) is 5.69 Å². The number of phenolic OH excluding ortho intramolecular Hbond substituents is 1. The number of anilines is 1. The summed E-state index contributed by atoms with van der Waals surface area (Å²) in [6, 6.07) is 12.0. The summed E-state index contributed by atoms with van der Waals surface area (Å²) in [5.41, 5.74) is 7.46. The predicted octanol–water partition coefficient (Wildman–Crippen LogP) is 2.67. The Morgan fingerprint density at radius 3 is 2.74 bits per heavy atom. The highest BCUT2D eigenvalue weighted by Crippen LogP contribution is 2.22. The van der Waals surface area contributed by atoms with Crippen LogP contribution in [0.3, 0.4) is 0 Å². The molecule has 0 radical (unpaired) electrons. The van der Waals surface area contributed by atoms with Crippen molar-refractivity contribution in [3.8, 4) is 5.75 Å². The maximum atomic E-state index is 11.9. The minimum Gasteiger partial charge on any atom is -0.507 e. The molecule has 0 saturated carbocycles. The van der Waals surface area contributed by atoms with Crippen molar-refractivity contribution in [2.45, 2.75) is 6.54 Å². The summed E-state index contributed by atoms with van der Waals surface area (Å²) in [4.78, 5) is 11.9. The smallest absolute Gasteiger partial charge is 0.255 e. The van der Waals surface area contributed by atoms with Crippen molar-refractivity contribution in [2.75, 3.05) is 5.73 Å². The second kappa shape index (κ2) is 5.75. The molecule has 0 aliphatic carbocycles. The molecule has 5 heteroatoms. The van der Waals surface area contributed by atoms with Crippen molar-refractivity contribution in [3.63, 3.8) is 0 Å². The van der Waals surface area contributed by atoms with Crippen LogP contribution in [0.1, 0.15) is 15.9 Å². The Labute approximate surface area is 119 Å². The Balaban J connectivity index is 2.05. The van der Waals surface area contributed by atoms with E-state index in [1.807, 2.05) is 12.1 Å². The number of carbonyl (C=O) groups excluding carboxylic acids is 1. The summed E-state index contributed by atoms with van der Waals surface area (Å²) in [5, 5.41) is 12.4. The van der Waals surface area contributed by atoms with Crippen LogP contribution in [0, 0.1) is 0 Å². The fourth-order valence-corrected chi connectivity index (χ4v) is 2.03. The summed E-state index contributed by atoms with van der Waals surface area (Å²) < 4.78 is 0.720. The molecule has 0 saturated heterocycles. The van der Waals surface area contributed by atoms with Gasteiger partial charge in [0.05, 0.1) is 5.56 Å². The Morgan fingerprint density at radius 2 is 2.05 bits per heavy atom. The molecule has 0 aliphatic heterocycles. The van der Waals surface area contributed by atoms with Crippen molar-refractivity contribution in [3.05, 3.63) is 58.1 Å². The zero-order valence-electron chi connectivity index (χ0n) is 10.1. The van der Waals surface area contributed by atoms with Gasteiger partial charge in [0.2, 0.25) is 0 Å². The first kappa shape index (κ1) is 13.4. The number of halogens is 1. The van der Waals surface area contributed by atoms with Gasteiger partial charge in [0.15, 0.2) is 0 Å². The molecule has 0 fully saturated rings. The van der Waals surface area contributed by atoms with Gasteiger partial charge in [0.25, 0.3) is 5.91 Å². The first-order valence-electron chi connectivity index (χ1n) is 5.67. The van der Waals surface area contributed by atoms with Crippen LogP contribution in [0.2, 0.25) is 0 Å². The SMILES string of the molecule is Nc1cccc(CNC(=O)c2ccc(Br)cc2O)c1. The van der Waals surface area contributed by atoms with Gasteiger partial charge in [0, 0.05) is 16.7 Å². The summed E-state index contributed by atoms with van der Waals surface area (Å²) in [7, 11) is 0. The van der Waals surface area contributed by atoms with E-state index in [1.165, 1.54) is 6.07 Å². The third-order valence-electron chi connectivity index (χ3n) is 2.61. The Bertz CT molecular complexity index is 614. The topological polar surface area (TPSA) is 75.3 Å². The molecule has 2 aromatic rings. The summed E-state index contributed by atoms with van der Waals surface area (Å²) >= 11 is 3.22. The molecule has 0 heterocycles. The average molecular weight is 321 g/mol. The fourth-order valence-electron chi connectivity index (χ4n) is 1.68. The normalized spacial score (nSPS) is 10.2. The lowest BCUT2D eigenvalue weighted by Gasteiger charge is -2.07. The van der Waals surface area contributed by atoms with Gasteiger partial charge < -0.3 is 16.2 Å². The van der Waals surface area contributed by atoms with Gasteiger partial charge in [-0.15, -0.1) is 0 Å². The molecule has 0 atom stereocenters. The number of aromatic hydroxyl groups is 1. The van der Waals surface area contributed by atoms with E-state index in [2.05, 4.69) is 21.2 Å². The Hall–Kier alpha value is -2.01. The van der Waals surface area contributed by atoms with Crippen molar-refractivity contribution in [1.29, 1.82) is 0 Å². The number of phenols is 1. The maximum Gasteiger partial charge on any atom is 0.255 e. The first-order chi connectivity index (χ1) is 9.06. The number of hydrogen-bond donors (Lipinski definition) is 3. The molecular weight excluding hydrogens is 308 g/mol. The van der Waals surface area contributed by atoms with Crippen LogP contribution in [-0.4, -0.2) is 11.0 Å². The van der Waals surface area contributed by atoms with Crippen LogP contribution in [-0.2, 0) is 6.54 Å². The van der Waals surface area contributed by atoms with Crippen molar-refractivity contribution < 1.29 is 9.90 Å². The predicted molar refractivity (Wildman–Crippen MR) is 77.8 cm³/mol. The highest BCUT2D eigenvalue weighted by Gasteiger charge is 2.10. The van der Waals surface area contributed by atoms with Gasteiger partial charge in [0.1, 0.15) is 5.75 Å². The second-order valence-electron chi connectivity index (χ2n) is 4.09. The standard InChI is InChI=1S/C14H13BrN2O2/c15-10-4-5-12(13(18)7-10)14(19)17-8-9-2-1-3-11(16)6-9/h1-7,18H,8,16H2,(H,17,19). The van der Waals surface area contributed by atoms with Crippen LogP contribution >= 0.6 is 15.9 Å². The quantitative estimate of drug-likeness (QED) is 0.761. The van der Waals surface area contributed by atoms with E-state index < -0.39 is 0 Å². The number of benzene rings is 2. The van der Waals surface area contributed by atoms with Crippen LogP contribution in [0.15, 0.2) is 46.9 Å². The first-order valence-corrected chi connectivity index (χ1v) is 6.46. The number of rotatable bonds is 3. The molecule has 0 spiro atoms. The number of amides is 1. The van der Waals surface area contributed by atoms with Crippen LogP contribution in [0.25, 0.3) is 0 Å². The van der Waals surface area contributed by atoms with Gasteiger partial charge in [-0.1, -0.05) is 28.1 Å². The van der Waals surface area contributed by atoms with E-state index >= 15 is 0 Å². The largest absolute Gasteiger partial charge is 0.507 e. The zero-order valence-corrected chi connectivity index (χ0v) is 11.6. The highest BCUT2D eigenvalue weighted by atomic mass is 79.9. The van der Waals surface area contributed by atoms with E-state index in [0.29, 0.717) is 12.2 Å². The fraction of sp³-hybridized carbons (Fsp3) is 0.0714. The lowest BCUT2D eigenvalue weighted by atomic mass is 10.1. The van der Waals surface area contributed by atoms with Gasteiger partial charge in [-0.25, -0.2) is 0 Å². The van der Waals surface area contributed by atoms with E-state index in [1.54, 1.807) is 24.3 Å². The van der Waals surface area contributed by atoms with Crippen molar-refractivity contribution >= 4 is 27.5 Å². The molecule has 4 N–H and O–H groups in total. The zero-order chi connectivity index (χ0) is 13.8. The van der Waals surface area contributed by atoms with E-state index in [0.717, 1.165) is 10.0 Å². The summed E-state index contributed by atoms with van der Waals surface area (Å²) in [6.45, 7) is 0.360. The number of nitrogen functional groups attached to an aromatic ring is 1. The number of hydrogen-bond acceptors (Lipinski definition) is 3. The van der Waals surface area contributed by atoms with Gasteiger partial charge in [-0.3, -0.25) is 4.79 Å². The highest BCUT2D eigenvalue weighted by molar-refractivity contribution is 9.10.